The van der Waals surface area contributed by atoms with E-state index in [0.29, 0.717) is 19.4 Å². The Kier molecular flexibility index (Phi) is 6.86. The third-order valence-electron chi connectivity index (χ3n) is 7.46. The van der Waals surface area contributed by atoms with Crippen molar-refractivity contribution in [3.8, 4) is 10.6 Å². The van der Waals surface area contributed by atoms with Crippen molar-refractivity contribution in [3.63, 3.8) is 0 Å². The fourth-order valence-corrected chi connectivity index (χ4v) is 9.41. The van der Waals surface area contributed by atoms with Gasteiger partial charge in [-0.15, -0.1) is 22.7 Å². The Morgan fingerprint density at radius 1 is 1.11 bits per heavy atom. The van der Waals surface area contributed by atoms with Gasteiger partial charge in [0.05, 0.1) is 15.1 Å². The molecule has 4 aromatic rings. The third-order valence-corrected chi connectivity index (χ3v) is 11.6. The van der Waals surface area contributed by atoms with Gasteiger partial charge in [0.25, 0.3) is 0 Å². The molecule has 2 aromatic heterocycles. The number of hydrogen-bond acceptors (Lipinski definition) is 7. The molecule has 1 saturated heterocycles. The summed E-state index contributed by atoms with van der Waals surface area (Å²) in [5, 5.41) is 4.85. The second-order valence-electron chi connectivity index (χ2n) is 9.89. The average Bonchev–Trinajstić information content (AvgIpc) is 3.64. The first kappa shape index (κ1) is 25.6. The van der Waals surface area contributed by atoms with Gasteiger partial charge in [0.2, 0.25) is 15.9 Å². The Morgan fingerprint density at radius 2 is 1.89 bits per heavy atom. The SMILES string of the molecule is CCN1CCc2c(sc(NC(=O)C3CCCN3S(=O)(=O)c3ccc(C)cc3)c2-c2nc3ccccc3s2)C1. The number of thiophene rings is 1. The van der Waals surface area contributed by atoms with Gasteiger partial charge in [-0.2, -0.15) is 4.31 Å². The molecule has 2 aliphatic heterocycles. The largest absolute Gasteiger partial charge is 0.316 e. The zero-order chi connectivity index (χ0) is 26.4. The number of para-hydroxylation sites is 1. The molecule has 0 aliphatic carbocycles. The first-order chi connectivity index (χ1) is 18.3. The number of rotatable bonds is 6. The smallest absolute Gasteiger partial charge is 0.243 e. The minimum Gasteiger partial charge on any atom is -0.316 e. The molecule has 1 unspecified atom stereocenters. The second-order valence-corrected chi connectivity index (χ2v) is 13.9. The summed E-state index contributed by atoms with van der Waals surface area (Å²) in [6, 6.07) is 14.2. The number of carbonyl (C=O) groups excluding carboxylic acids is 1. The summed E-state index contributed by atoms with van der Waals surface area (Å²) in [5.74, 6) is -0.272. The summed E-state index contributed by atoms with van der Waals surface area (Å²) < 4.78 is 29.4. The molecular formula is C28H30N4O3S3. The number of benzene rings is 2. The fourth-order valence-electron chi connectivity index (χ4n) is 5.35. The second kappa shape index (κ2) is 10.2. The molecule has 1 fully saturated rings. The van der Waals surface area contributed by atoms with Gasteiger partial charge < -0.3 is 5.32 Å². The standard InChI is InChI=1S/C28H30N4O3S3/c1-3-31-16-14-20-24(17-31)37-28(25(20)27-29-21-7-4-5-9-23(21)36-27)30-26(33)22-8-6-15-32(22)38(34,35)19-12-10-18(2)11-13-19/h4-5,7,9-13,22H,3,6,8,14-17H2,1-2H3,(H,30,33). The van der Waals surface area contributed by atoms with Crippen LogP contribution in [0.25, 0.3) is 20.8 Å². The van der Waals surface area contributed by atoms with Crippen LogP contribution in [0.1, 0.15) is 35.8 Å². The van der Waals surface area contributed by atoms with E-state index in [1.54, 1.807) is 46.9 Å². The summed E-state index contributed by atoms with van der Waals surface area (Å²) >= 11 is 3.24. The molecule has 1 atom stereocenters. The number of aromatic nitrogens is 1. The molecule has 1 N–H and O–H groups in total. The maximum Gasteiger partial charge on any atom is 0.243 e. The van der Waals surface area contributed by atoms with Crippen LogP contribution >= 0.6 is 22.7 Å². The van der Waals surface area contributed by atoms with Crippen LogP contribution < -0.4 is 5.32 Å². The number of thiazole rings is 1. The monoisotopic (exact) mass is 566 g/mol. The van der Waals surface area contributed by atoms with E-state index in [4.69, 9.17) is 4.98 Å². The average molecular weight is 567 g/mol. The van der Waals surface area contributed by atoms with Crippen LogP contribution in [0.5, 0.6) is 0 Å². The molecule has 38 heavy (non-hydrogen) atoms. The van der Waals surface area contributed by atoms with Gasteiger partial charge in [-0.05, 0) is 62.6 Å². The molecule has 4 heterocycles. The van der Waals surface area contributed by atoms with Crippen molar-refractivity contribution in [2.24, 2.45) is 0 Å². The Balaban J connectivity index is 1.34. The summed E-state index contributed by atoms with van der Waals surface area (Å²) in [4.78, 5) is 22.5. The van der Waals surface area contributed by atoms with E-state index in [0.717, 1.165) is 57.4 Å². The third kappa shape index (κ3) is 4.58. The van der Waals surface area contributed by atoms with Crippen LogP contribution in [0.2, 0.25) is 0 Å². The van der Waals surface area contributed by atoms with Crippen molar-refractivity contribution in [1.82, 2.24) is 14.2 Å². The maximum absolute atomic E-state index is 13.7. The molecule has 0 bridgehead atoms. The lowest BCUT2D eigenvalue weighted by Crippen LogP contribution is -2.43. The molecule has 0 saturated carbocycles. The van der Waals surface area contributed by atoms with Gasteiger partial charge in [-0.1, -0.05) is 36.8 Å². The van der Waals surface area contributed by atoms with Crippen molar-refractivity contribution in [2.75, 3.05) is 25.0 Å². The van der Waals surface area contributed by atoms with Crippen LogP contribution in [0.4, 0.5) is 5.00 Å². The minimum atomic E-state index is -3.78. The number of likely N-dealkylation sites (N-methyl/N-ethyl adjacent to an activating group) is 1. The van der Waals surface area contributed by atoms with E-state index in [1.165, 1.54) is 14.7 Å². The number of carbonyl (C=O) groups is 1. The lowest BCUT2D eigenvalue weighted by atomic mass is 10.0. The minimum absolute atomic E-state index is 0.226. The molecule has 1 amide bonds. The van der Waals surface area contributed by atoms with Gasteiger partial charge >= 0.3 is 0 Å². The number of fused-ring (bicyclic) bond motifs is 2. The number of nitrogens with one attached hydrogen (secondary N) is 1. The number of sulfonamides is 1. The Hall–Kier alpha value is -2.63. The normalized spacial score (nSPS) is 18.6. The summed E-state index contributed by atoms with van der Waals surface area (Å²) in [7, 11) is -3.78. The lowest BCUT2D eigenvalue weighted by Gasteiger charge is -2.25. The summed E-state index contributed by atoms with van der Waals surface area (Å²) in [6.07, 6.45) is 2.06. The fraction of sp³-hybridized carbons (Fsp3) is 0.357. The molecule has 0 radical (unpaired) electrons. The number of aryl methyl sites for hydroxylation is 1. The van der Waals surface area contributed by atoms with E-state index in [1.807, 2.05) is 25.1 Å². The molecular weight excluding hydrogens is 537 g/mol. The molecule has 0 spiro atoms. The van der Waals surface area contributed by atoms with Crippen molar-refractivity contribution in [1.29, 1.82) is 0 Å². The topological polar surface area (TPSA) is 82.6 Å². The van der Waals surface area contributed by atoms with Crippen molar-refractivity contribution in [3.05, 3.63) is 64.5 Å². The van der Waals surface area contributed by atoms with Crippen LogP contribution in [0.3, 0.4) is 0 Å². The molecule has 6 rings (SSSR count). The highest BCUT2D eigenvalue weighted by Gasteiger charge is 2.40. The van der Waals surface area contributed by atoms with Gasteiger partial charge in [-0.25, -0.2) is 13.4 Å². The molecule has 7 nitrogen and oxygen atoms in total. The van der Waals surface area contributed by atoms with E-state index < -0.39 is 16.1 Å². The lowest BCUT2D eigenvalue weighted by molar-refractivity contribution is -0.119. The quantitative estimate of drug-likeness (QED) is 0.333. The van der Waals surface area contributed by atoms with E-state index in [9.17, 15) is 13.2 Å². The molecule has 2 aliphatic rings. The number of hydrogen-bond donors (Lipinski definition) is 1. The maximum atomic E-state index is 13.7. The Labute approximate surface area is 231 Å². The highest BCUT2D eigenvalue weighted by atomic mass is 32.2. The number of anilines is 1. The van der Waals surface area contributed by atoms with Gasteiger partial charge in [0.15, 0.2) is 0 Å². The van der Waals surface area contributed by atoms with Crippen molar-refractivity contribution < 1.29 is 13.2 Å². The van der Waals surface area contributed by atoms with Gasteiger partial charge in [0.1, 0.15) is 16.1 Å². The van der Waals surface area contributed by atoms with Gasteiger partial charge in [-0.3, -0.25) is 9.69 Å². The van der Waals surface area contributed by atoms with E-state index >= 15 is 0 Å². The van der Waals surface area contributed by atoms with Crippen LogP contribution in [0, 0.1) is 6.92 Å². The Bertz CT molecular complexity index is 1580. The zero-order valence-electron chi connectivity index (χ0n) is 21.4. The predicted octanol–water partition coefficient (Wildman–Crippen LogP) is 5.50. The number of amides is 1. The molecule has 198 valence electrons. The van der Waals surface area contributed by atoms with E-state index in [-0.39, 0.29) is 10.8 Å². The number of nitrogens with zero attached hydrogens (tertiary/aromatic N) is 3. The van der Waals surface area contributed by atoms with Gasteiger partial charge in [0, 0.05) is 30.1 Å². The van der Waals surface area contributed by atoms with Crippen molar-refractivity contribution in [2.45, 2.75) is 50.6 Å². The predicted molar refractivity (Wildman–Crippen MR) is 154 cm³/mol. The summed E-state index contributed by atoms with van der Waals surface area (Å²) in [5.41, 5.74) is 4.19. The highest BCUT2D eigenvalue weighted by molar-refractivity contribution is 7.89. The van der Waals surface area contributed by atoms with E-state index in [2.05, 4.69) is 23.2 Å². The zero-order valence-corrected chi connectivity index (χ0v) is 23.9. The Morgan fingerprint density at radius 3 is 2.66 bits per heavy atom. The molecule has 2 aromatic carbocycles. The molecule has 10 heteroatoms. The van der Waals surface area contributed by atoms with Crippen LogP contribution in [-0.4, -0.2) is 54.2 Å². The summed E-state index contributed by atoms with van der Waals surface area (Å²) in [6.45, 7) is 7.22. The van der Waals surface area contributed by atoms with Crippen LogP contribution in [0.15, 0.2) is 53.4 Å². The first-order valence-corrected chi connectivity index (χ1v) is 16.0. The highest BCUT2D eigenvalue weighted by Crippen LogP contribution is 2.46. The van der Waals surface area contributed by atoms with Crippen LogP contribution in [-0.2, 0) is 27.8 Å². The van der Waals surface area contributed by atoms with Crippen molar-refractivity contribution >= 4 is 53.8 Å². The first-order valence-electron chi connectivity index (χ1n) is 13.0.